The zero-order chi connectivity index (χ0) is 11.4. The van der Waals surface area contributed by atoms with Gasteiger partial charge in [-0.3, -0.25) is 4.79 Å². The number of hydrogen-bond acceptors (Lipinski definition) is 2. The molecule has 0 aliphatic carbocycles. The highest BCUT2D eigenvalue weighted by molar-refractivity contribution is 5.72. The van der Waals surface area contributed by atoms with Crippen molar-refractivity contribution in [2.45, 2.75) is 13.5 Å². The average molecular weight is 215 g/mol. The molecule has 0 spiro atoms. The Morgan fingerprint density at radius 3 is 2.81 bits per heavy atom. The van der Waals surface area contributed by atoms with Crippen LogP contribution in [0.1, 0.15) is 12.7 Å². The van der Waals surface area contributed by atoms with Gasteiger partial charge in [0, 0.05) is 6.92 Å². The van der Waals surface area contributed by atoms with Crippen LogP contribution in [0.5, 0.6) is 0 Å². The number of carbonyl (C=O) groups excluding carboxylic acids is 1. The summed E-state index contributed by atoms with van der Waals surface area (Å²) in [6, 6.07) is 9.94. The molecule has 0 bridgehead atoms. The summed E-state index contributed by atoms with van der Waals surface area (Å²) in [6.07, 6.45) is 1.77. The molecule has 1 aromatic carbocycles. The highest BCUT2D eigenvalue weighted by Crippen LogP contribution is 2.15. The summed E-state index contributed by atoms with van der Waals surface area (Å²) in [4.78, 5) is 18.1. The Hall–Kier alpha value is -2.10. The van der Waals surface area contributed by atoms with Crippen LogP contribution in [0.3, 0.4) is 0 Å². The molecule has 0 saturated heterocycles. The second-order valence-corrected chi connectivity index (χ2v) is 3.52. The maximum absolute atomic E-state index is 10.7. The van der Waals surface area contributed by atoms with Crippen LogP contribution in [-0.4, -0.2) is 15.9 Å². The molecule has 0 aliphatic heterocycles. The van der Waals surface area contributed by atoms with Crippen LogP contribution in [0.2, 0.25) is 0 Å². The van der Waals surface area contributed by atoms with E-state index in [0.29, 0.717) is 6.54 Å². The minimum Gasteiger partial charge on any atom is -0.349 e. The monoisotopic (exact) mass is 215 g/mol. The van der Waals surface area contributed by atoms with Crippen molar-refractivity contribution >= 4 is 5.91 Å². The third-order valence-corrected chi connectivity index (χ3v) is 2.22. The summed E-state index contributed by atoms with van der Waals surface area (Å²) in [5.74, 6) is 0.701. The summed E-state index contributed by atoms with van der Waals surface area (Å²) in [5, 5.41) is 2.69. The SMILES string of the molecule is CC(=O)NCc1ncc(-c2ccccc2)[nH]1. The van der Waals surface area contributed by atoms with Gasteiger partial charge in [0.25, 0.3) is 0 Å². The lowest BCUT2D eigenvalue weighted by Crippen LogP contribution is -2.19. The zero-order valence-electron chi connectivity index (χ0n) is 9.03. The quantitative estimate of drug-likeness (QED) is 0.819. The Bertz CT molecular complexity index is 476. The molecule has 0 fully saturated rings. The Balaban J connectivity index is 2.11. The van der Waals surface area contributed by atoms with Crippen LogP contribution in [0, 0.1) is 0 Å². The normalized spacial score (nSPS) is 10.1. The Morgan fingerprint density at radius 1 is 1.38 bits per heavy atom. The zero-order valence-corrected chi connectivity index (χ0v) is 9.03. The molecule has 16 heavy (non-hydrogen) atoms. The number of aromatic amines is 1. The number of amides is 1. The van der Waals surface area contributed by atoms with E-state index in [-0.39, 0.29) is 5.91 Å². The van der Waals surface area contributed by atoms with Gasteiger partial charge in [0.1, 0.15) is 5.82 Å². The standard InChI is InChI=1S/C12H13N3O/c1-9(16)13-8-12-14-7-11(15-12)10-5-3-2-4-6-10/h2-7H,8H2,1H3,(H,13,16)(H,14,15). The molecular weight excluding hydrogens is 202 g/mol. The molecule has 82 valence electrons. The Labute approximate surface area is 93.7 Å². The molecule has 2 aromatic rings. The van der Waals surface area contributed by atoms with Gasteiger partial charge in [-0.1, -0.05) is 30.3 Å². The molecule has 0 atom stereocenters. The third kappa shape index (κ3) is 2.48. The van der Waals surface area contributed by atoms with Crippen molar-refractivity contribution in [3.63, 3.8) is 0 Å². The van der Waals surface area contributed by atoms with E-state index in [9.17, 15) is 4.79 Å². The van der Waals surface area contributed by atoms with Gasteiger partial charge in [-0.05, 0) is 5.56 Å². The predicted octanol–water partition coefficient (Wildman–Crippen LogP) is 1.71. The fraction of sp³-hybridized carbons (Fsp3) is 0.167. The second kappa shape index (κ2) is 4.61. The molecule has 1 amide bonds. The van der Waals surface area contributed by atoms with E-state index < -0.39 is 0 Å². The number of imidazole rings is 1. The van der Waals surface area contributed by atoms with Crippen molar-refractivity contribution in [2.75, 3.05) is 0 Å². The summed E-state index contributed by atoms with van der Waals surface area (Å²) in [7, 11) is 0. The van der Waals surface area contributed by atoms with Crippen molar-refractivity contribution < 1.29 is 4.79 Å². The highest BCUT2D eigenvalue weighted by atomic mass is 16.1. The number of carbonyl (C=O) groups is 1. The largest absolute Gasteiger partial charge is 0.349 e. The molecule has 2 N–H and O–H groups in total. The van der Waals surface area contributed by atoms with Gasteiger partial charge in [0.2, 0.25) is 5.91 Å². The molecule has 1 heterocycles. The molecular formula is C12H13N3O. The van der Waals surface area contributed by atoms with Crippen molar-refractivity contribution in [3.8, 4) is 11.3 Å². The molecule has 1 aromatic heterocycles. The summed E-state index contributed by atoms with van der Waals surface area (Å²) in [5.41, 5.74) is 2.05. The molecule has 4 heteroatoms. The van der Waals surface area contributed by atoms with Crippen molar-refractivity contribution in [2.24, 2.45) is 0 Å². The number of hydrogen-bond donors (Lipinski definition) is 2. The van der Waals surface area contributed by atoms with Crippen LogP contribution in [-0.2, 0) is 11.3 Å². The van der Waals surface area contributed by atoms with Crippen LogP contribution < -0.4 is 5.32 Å². The molecule has 0 unspecified atom stereocenters. The first kappa shape index (κ1) is 10.4. The van der Waals surface area contributed by atoms with Gasteiger partial charge in [0.05, 0.1) is 18.4 Å². The fourth-order valence-corrected chi connectivity index (χ4v) is 1.42. The maximum Gasteiger partial charge on any atom is 0.217 e. The van der Waals surface area contributed by atoms with Gasteiger partial charge < -0.3 is 10.3 Å². The van der Waals surface area contributed by atoms with Crippen LogP contribution in [0.15, 0.2) is 36.5 Å². The molecule has 4 nitrogen and oxygen atoms in total. The van der Waals surface area contributed by atoms with E-state index in [0.717, 1.165) is 17.1 Å². The van der Waals surface area contributed by atoms with Crippen molar-refractivity contribution in [1.82, 2.24) is 15.3 Å². The summed E-state index contributed by atoms with van der Waals surface area (Å²) >= 11 is 0. The van der Waals surface area contributed by atoms with E-state index in [4.69, 9.17) is 0 Å². The minimum absolute atomic E-state index is 0.0577. The molecule has 0 aliphatic rings. The Morgan fingerprint density at radius 2 is 2.12 bits per heavy atom. The first-order valence-corrected chi connectivity index (χ1v) is 5.09. The highest BCUT2D eigenvalue weighted by Gasteiger charge is 2.02. The lowest BCUT2D eigenvalue weighted by atomic mass is 10.2. The van der Waals surface area contributed by atoms with E-state index in [2.05, 4.69) is 15.3 Å². The lowest BCUT2D eigenvalue weighted by molar-refractivity contribution is -0.119. The molecule has 2 rings (SSSR count). The van der Waals surface area contributed by atoms with E-state index in [1.807, 2.05) is 30.3 Å². The first-order chi connectivity index (χ1) is 7.75. The van der Waals surface area contributed by atoms with Gasteiger partial charge >= 0.3 is 0 Å². The van der Waals surface area contributed by atoms with Gasteiger partial charge in [-0.2, -0.15) is 0 Å². The second-order valence-electron chi connectivity index (χ2n) is 3.52. The lowest BCUT2D eigenvalue weighted by Gasteiger charge is -1.98. The fourth-order valence-electron chi connectivity index (χ4n) is 1.42. The minimum atomic E-state index is -0.0577. The smallest absolute Gasteiger partial charge is 0.217 e. The van der Waals surface area contributed by atoms with E-state index in [1.54, 1.807) is 6.20 Å². The topological polar surface area (TPSA) is 57.8 Å². The third-order valence-electron chi connectivity index (χ3n) is 2.22. The van der Waals surface area contributed by atoms with Gasteiger partial charge in [-0.15, -0.1) is 0 Å². The summed E-state index contributed by atoms with van der Waals surface area (Å²) in [6.45, 7) is 1.92. The number of aromatic nitrogens is 2. The maximum atomic E-state index is 10.7. The Kier molecular flexibility index (Phi) is 3.00. The number of nitrogens with one attached hydrogen (secondary N) is 2. The first-order valence-electron chi connectivity index (χ1n) is 5.09. The van der Waals surface area contributed by atoms with E-state index in [1.165, 1.54) is 6.92 Å². The van der Waals surface area contributed by atoms with Crippen LogP contribution in [0.4, 0.5) is 0 Å². The number of H-pyrrole nitrogens is 1. The van der Waals surface area contributed by atoms with Crippen LogP contribution >= 0.6 is 0 Å². The van der Waals surface area contributed by atoms with Crippen LogP contribution in [0.25, 0.3) is 11.3 Å². The molecule has 0 saturated carbocycles. The average Bonchev–Trinajstić information content (AvgIpc) is 2.76. The van der Waals surface area contributed by atoms with Crippen molar-refractivity contribution in [3.05, 3.63) is 42.4 Å². The number of rotatable bonds is 3. The predicted molar refractivity (Wildman–Crippen MR) is 61.5 cm³/mol. The van der Waals surface area contributed by atoms with Gasteiger partial charge in [0.15, 0.2) is 0 Å². The van der Waals surface area contributed by atoms with Gasteiger partial charge in [-0.25, -0.2) is 4.98 Å². The van der Waals surface area contributed by atoms with E-state index >= 15 is 0 Å². The molecule has 0 radical (unpaired) electrons. The summed E-state index contributed by atoms with van der Waals surface area (Å²) < 4.78 is 0. The number of benzene rings is 1. The van der Waals surface area contributed by atoms with Crippen molar-refractivity contribution in [1.29, 1.82) is 0 Å². The number of nitrogens with zero attached hydrogens (tertiary/aromatic N) is 1.